The summed E-state index contributed by atoms with van der Waals surface area (Å²) in [7, 11) is 0. The van der Waals surface area contributed by atoms with Crippen molar-refractivity contribution in [2.75, 3.05) is 19.7 Å². The highest BCUT2D eigenvalue weighted by molar-refractivity contribution is 6.35. The second-order valence-electron chi connectivity index (χ2n) is 5.80. The van der Waals surface area contributed by atoms with E-state index < -0.39 is 5.97 Å². The minimum Gasteiger partial charge on any atom is -0.480 e. The molecule has 0 aromatic heterocycles. The number of ether oxygens (including phenoxy) is 2. The zero-order valence-electron chi connectivity index (χ0n) is 15.0. The Bertz CT molecular complexity index is 715. The summed E-state index contributed by atoms with van der Waals surface area (Å²) in [5, 5.41) is 0.864. The van der Waals surface area contributed by atoms with Gasteiger partial charge in [0.2, 0.25) is 0 Å². The Morgan fingerprint density at radius 2 is 1.65 bits per heavy atom. The van der Waals surface area contributed by atoms with Gasteiger partial charge in [0.05, 0.1) is 5.02 Å². The maximum atomic E-state index is 11.8. The minimum atomic E-state index is -0.455. The van der Waals surface area contributed by atoms with Crippen LogP contribution in [0.1, 0.15) is 25.0 Å². The van der Waals surface area contributed by atoms with Gasteiger partial charge in [-0.2, -0.15) is 0 Å². The van der Waals surface area contributed by atoms with Gasteiger partial charge in [0.25, 0.3) is 0 Å². The lowest BCUT2D eigenvalue weighted by atomic mass is 10.1. The summed E-state index contributed by atoms with van der Waals surface area (Å²) in [6.45, 7) is 7.26. The number of rotatable bonds is 9. The molecular weight excluding hydrogens is 373 g/mol. The van der Waals surface area contributed by atoms with Gasteiger partial charge in [-0.05, 0) is 42.4 Å². The molecule has 26 heavy (non-hydrogen) atoms. The summed E-state index contributed by atoms with van der Waals surface area (Å²) < 4.78 is 10.6. The predicted octanol–water partition coefficient (Wildman–Crippen LogP) is 4.96. The van der Waals surface area contributed by atoms with E-state index in [-0.39, 0.29) is 13.2 Å². The second kappa shape index (κ2) is 10.4. The van der Waals surface area contributed by atoms with Gasteiger partial charge in [0.15, 0.2) is 6.61 Å². The Hall–Kier alpha value is -1.75. The van der Waals surface area contributed by atoms with Crippen LogP contribution in [0, 0.1) is 0 Å². The van der Waals surface area contributed by atoms with Gasteiger partial charge in [-0.3, -0.25) is 4.90 Å². The normalized spacial score (nSPS) is 10.8. The molecule has 0 radical (unpaired) electrons. The van der Waals surface area contributed by atoms with Crippen LogP contribution in [0.15, 0.2) is 42.5 Å². The first-order chi connectivity index (χ1) is 12.5. The molecule has 0 fully saturated rings. The molecule has 0 N–H and O–H groups in total. The van der Waals surface area contributed by atoms with Crippen molar-refractivity contribution >= 4 is 29.2 Å². The highest BCUT2D eigenvalue weighted by Crippen LogP contribution is 2.27. The molecule has 2 aromatic carbocycles. The summed E-state index contributed by atoms with van der Waals surface area (Å²) in [5.41, 5.74) is 2.18. The molecule has 2 rings (SSSR count). The van der Waals surface area contributed by atoms with Gasteiger partial charge >= 0.3 is 5.97 Å². The van der Waals surface area contributed by atoms with Crippen LogP contribution in [0.2, 0.25) is 10.0 Å². The molecule has 0 aliphatic carbocycles. The molecule has 2 aromatic rings. The molecule has 0 aliphatic heterocycles. The topological polar surface area (TPSA) is 38.8 Å². The van der Waals surface area contributed by atoms with Crippen LogP contribution >= 0.6 is 23.2 Å². The number of halogens is 2. The average Bonchev–Trinajstić information content (AvgIpc) is 2.64. The summed E-state index contributed by atoms with van der Waals surface area (Å²) >= 11 is 11.8. The van der Waals surface area contributed by atoms with Gasteiger partial charge in [0, 0.05) is 11.6 Å². The third kappa shape index (κ3) is 6.52. The molecule has 0 bridgehead atoms. The zero-order valence-corrected chi connectivity index (χ0v) is 16.5. The molecule has 0 heterocycles. The lowest BCUT2D eigenvalue weighted by molar-refractivity contribution is -0.147. The summed E-state index contributed by atoms with van der Waals surface area (Å²) in [6, 6.07) is 12.9. The standard InChI is InChI=1S/C20H23Cl2NO3/c1-3-23(4-2)12-15-5-7-16(8-6-15)13-26-20(24)14-25-19-10-9-17(21)11-18(19)22/h5-11H,3-4,12-14H2,1-2H3. The van der Waals surface area contributed by atoms with Crippen molar-refractivity contribution in [3.8, 4) is 5.75 Å². The van der Waals surface area contributed by atoms with E-state index in [2.05, 4.69) is 30.9 Å². The van der Waals surface area contributed by atoms with E-state index in [0.717, 1.165) is 25.2 Å². The number of esters is 1. The van der Waals surface area contributed by atoms with Crippen molar-refractivity contribution in [1.29, 1.82) is 0 Å². The first-order valence-electron chi connectivity index (χ1n) is 8.55. The molecule has 0 saturated heterocycles. The van der Waals surface area contributed by atoms with E-state index in [1.54, 1.807) is 18.2 Å². The highest BCUT2D eigenvalue weighted by Gasteiger charge is 2.08. The highest BCUT2D eigenvalue weighted by atomic mass is 35.5. The Morgan fingerprint density at radius 1 is 1.00 bits per heavy atom. The predicted molar refractivity (Wildman–Crippen MR) is 105 cm³/mol. The number of hydrogen-bond acceptors (Lipinski definition) is 4. The second-order valence-corrected chi connectivity index (χ2v) is 6.65. The van der Waals surface area contributed by atoms with Crippen molar-refractivity contribution in [3.63, 3.8) is 0 Å². The summed E-state index contributed by atoms with van der Waals surface area (Å²) in [6.07, 6.45) is 0. The largest absolute Gasteiger partial charge is 0.480 e. The molecule has 0 unspecified atom stereocenters. The van der Waals surface area contributed by atoms with Crippen molar-refractivity contribution in [1.82, 2.24) is 4.90 Å². The van der Waals surface area contributed by atoms with E-state index in [9.17, 15) is 4.79 Å². The van der Waals surface area contributed by atoms with E-state index >= 15 is 0 Å². The Kier molecular flexibility index (Phi) is 8.23. The molecule has 0 aliphatic rings. The third-order valence-electron chi connectivity index (χ3n) is 3.96. The molecule has 6 heteroatoms. The average molecular weight is 396 g/mol. The van der Waals surface area contributed by atoms with Crippen LogP contribution in [-0.2, 0) is 22.7 Å². The first-order valence-corrected chi connectivity index (χ1v) is 9.31. The lowest BCUT2D eigenvalue weighted by Gasteiger charge is -2.18. The Labute approximate surface area is 164 Å². The van der Waals surface area contributed by atoms with Crippen LogP contribution in [0.25, 0.3) is 0 Å². The van der Waals surface area contributed by atoms with E-state index in [4.69, 9.17) is 32.7 Å². The molecule has 0 atom stereocenters. The van der Waals surface area contributed by atoms with Crippen molar-refractivity contribution < 1.29 is 14.3 Å². The fourth-order valence-electron chi connectivity index (χ4n) is 2.38. The van der Waals surface area contributed by atoms with Crippen LogP contribution in [0.5, 0.6) is 5.75 Å². The molecule has 0 spiro atoms. The van der Waals surface area contributed by atoms with Gasteiger partial charge < -0.3 is 9.47 Å². The lowest BCUT2D eigenvalue weighted by Crippen LogP contribution is -2.22. The molecule has 0 saturated carbocycles. The number of benzene rings is 2. The monoisotopic (exact) mass is 395 g/mol. The van der Waals surface area contributed by atoms with Gasteiger partial charge in [-0.25, -0.2) is 4.79 Å². The van der Waals surface area contributed by atoms with E-state index in [0.29, 0.717) is 15.8 Å². The molecule has 0 amide bonds. The SMILES string of the molecule is CCN(CC)Cc1ccc(COC(=O)COc2ccc(Cl)cc2Cl)cc1. The molecule has 4 nitrogen and oxygen atoms in total. The van der Waals surface area contributed by atoms with Crippen LogP contribution in [0.3, 0.4) is 0 Å². The smallest absolute Gasteiger partial charge is 0.344 e. The first kappa shape index (κ1) is 20.6. The molecule has 140 valence electrons. The minimum absolute atomic E-state index is 0.207. The molecular formula is C20H23Cl2NO3. The summed E-state index contributed by atoms with van der Waals surface area (Å²) in [5.74, 6) is -0.0583. The van der Waals surface area contributed by atoms with E-state index in [1.807, 2.05) is 12.1 Å². The van der Waals surface area contributed by atoms with Crippen molar-refractivity contribution in [2.24, 2.45) is 0 Å². The van der Waals surface area contributed by atoms with Crippen LogP contribution in [-0.4, -0.2) is 30.6 Å². The fourth-order valence-corrected chi connectivity index (χ4v) is 2.84. The number of carbonyl (C=O) groups is 1. The maximum Gasteiger partial charge on any atom is 0.344 e. The van der Waals surface area contributed by atoms with Gasteiger partial charge in [-0.1, -0.05) is 61.3 Å². The quantitative estimate of drug-likeness (QED) is 0.562. The van der Waals surface area contributed by atoms with Gasteiger partial charge in [-0.15, -0.1) is 0 Å². The summed E-state index contributed by atoms with van der Waals surface area (Å²) in [4.78, 5) is 14.2. The van der Waals surface area contributed by atoms with Crippen LogP contribution < -0.4 is 4.74 Å². The Morgan fingerprint density at radius 3 is 2.27 bits per heavy atom. The number of carbonyl (C=O) groups excluding carboxylic acids is 1. The van der Waals surface area contributed by atoms with Gasteiger partial charge in [0.1, 0.15) is 12.4 Å². The van der Waals surface area contributed by atoms with E-state index in [1.165, 1.54) is 5.56 Å². The van der Waals surface area contributed by atoms with Crippen molar-refractivity contribution in [3.05, 3.63) is 63.6 Å². The van der Waals surface area contributed by atoms with Crippen molar-refractivity contribution in [2.45, 2.75) is 27.0 Å². The number of hydrogen-bond donors (Lipinski definition) is 0. The third-order valence-corrected chi connectivity index (χ3v) is 4.49. The van der Waals surface area contributed by atoms with Crippen LogP contribution in [0.4, 0.5) is 0 Å². The maximum absolute atomic E-state index is 11.8. The Balaban J connectivity index is 1.78. The number of nitrogens with zero attached hydrogens (tertiary/aromatic N) is 1. The zero-order chi connectivity index (χ0) is 18.9. The fraction of sp³-hybridized carbons (Fsp3) is 0.350.